The van der Waals surface area contributed by atoms with Gasteiger partial charge in [0.2, 0.25) is 0 Å². The van der Waals surface area contributed by atoms with E-state index in [4.69, 9.17) is 4.74 Å². The number of pyridine rings is 1. The number of hydrogen-bond acceptors (Lipinski definition) is 5. The summed E-state index contributed by atoms with van der Waals surface area (Å²) in [6.45, 7) is 0. The average Bonchev–Trinajstić information content (AvgIpc) is 3.10. The molecule has 1 N–H and O–H groups in total. The first-order chi connectivity index (χ1) is 11.7. The number of nitrogens with zero attached hydrogens (tertiary/aromatic N) is 2. The number of methoxy groups -OCH3 is 1. The topological polar surface area (TPSA) is 77.3 Å². The van der Waals surface area contributed by atoms with Crippen LogP contribution in [0, 0.1) is 16.0 Å². The molecule has 0 unspecified atom stereocenters. The van der Waals surface area contributed by atoms with E-state index < -0.39 is 0 Å². The Hall–Kier alpha value is -2.89. The predicted octanol–water partition coefficient (Wildman–Crippen LogP) is 3.82. The maximum atomic E-state index is 11.2. The zero-order chi connectivity index (χ0) is 16.7. The number of nitro groups is 1. The first kappa shape index (κ1) is 14.7. The van der Waals surface area contributed by atoms with Crippen molar-refractivity contribution in [3.63, 3.8) is 0 Å². The van der Waals surface area contributed by atoms with Crippen LogP contribution in [0.2, 0.25) is 0 Å². The second-order valence-electron chi connectivity index (χ2n) is 6.13. The zero-order valence-corrected chi connectivity index (χ0v) is 13.2. The van der Waals surface area contributed by atoms with Crippen LogP contribution in [0.15, 0.2) is 48.8 Å². The summed E-state index contributed by atoms with van der Waals surface area (Å²) in [5.41, 5.74) is 3.01. The number of fused-ring (bicyclic) bond motifs is 3. The van der Waals surface area contributed by atoms with Crippen molar-refractivity contribution in [2.75, 3.05) is 12.4 Å². The second kappa shape index (κ2) is 5.63. The van der Waals surface area contributed by atoms with Gasteiger partial charge >= 0.3 is 0 Å². The molecule has 1 aromatic heterocycles. The summed E-state index contributed by atoms with van der Waals surface area (Å²) in [7, 11) is 1.54. The minimum atomic E-state index is -0.370. The molecule has 0 bridgehead atoms. The molecule has 2 aliphatic rings. The fourth-order valence-electron chi connectivity index (χ4n) is 3.82. The molecule has 0 saturated heterocycles. The van der Waals surface area contributed by atoms with Gasteiger partial charge in [-0.25, -0.2) is 0 Å². The smallest absolute Gasteiger partial charge is 0.273 e. The maximum Gasteiger partial charge on any atom is 0.273 e. The van der Waals surface area contributed by atoms with Crippen molar-refractivity contribution in [1.82, 2.24) is 4.98 Å². The van der Waals surface area contributed by atoms with Crippen LogP contribution < -0.4 is 10.1 Å². The van der Waals surface area contributed by atoms with Crippen molar-refractivity contribution >= 4 is 11.4 Å². The Morgan fingerprint density at radius 1 is 1.33 bits per heavy atom. The fourth-order valence-corrected chi connectivity index (χ4v) is 3.82. The highest BCUT2D eigenvalue weighted by atomic mass is 16.6. The highest BCUT2D eigenvalue weighted by Crippen LogP contribution is 2.53. The summed E-state index contributed by atoms with van der Waals surface area (Å²) in [6.07, 6.45) is 8.83. The summed E-state index contributed by atoms with van der Waals surface area (Å²) >= 11 is 0. The first-order valence-corrected chi connectivity index (χ1v) is 7.88. The van der Waals surface area contributed by atoms with Gasteiger partial charge in [-0.1, -0.05) is 12.2 Å². The highest BCUT2D eigenvalue weighted by molar-refractivity contribution is 5.71. The third-order valence-corrected chi connectivity index (χ3v) is 4.91. The number of ether oxygens (including phenoxy) is 1. The van der Waals surface area contributed by atoms with Crippen LogP contribution in [-0.2, 0) is 0 Å². The Morgan fingerprint density at radius 2 is 2.12 bits per heavy atom. The van der Waals surface area contributed by atoms with E-state index in [9.17, 15) is 10.1 Å². The van der Waals surface area contributed by atoms with Crippen molar-refractivity contribution in [2.45, 2.75) is 18.4 Å². The van der Waals surface area contributed by atoms with E-state index in [2.05, 4.69) is 22.5 Å². The van der Waals surface area contributed by atoms with Gasteiger partial charge in [-0.2, -0.15) is 0 Å². The number of nitrogens with one attached hydrogen (secondary N) is 1. The summed E-state index contributed by atoms with van der Waals surface area (Å²) in [4.78, 5) is 15.0. The molecule has 6 nitrogen and oxygen atoms in total. The number of rotatable bonds is 3. The minimum absolute atomic E-state index is 0.0637. The molecular weight excluding hydrogens is 306 g/mol. The Labute approximate surface area is 139 Å². The molecule has 1 aromatic carbocycles. The highest BCUT2D eigenvalue weighted by Gasteiger charge is 2.40. The Balaban J connectivity index is 1.86. The average molecular weight is 323 g/mol. The number of anilines is 1. The molecule has 6 heteroatoms. The van der Waals surface area contributed by atoms with Crippen LogP contribution in [0.5, 0.6) is 5.75 Å². The van der Waals surface area contributed by atoms with Crippen molar-refractivity contribution < 1.29 is 9.66 Å². The molecule has 1 aliphatic carbocycles. The third kappa shape index (κ3) is 2.22. The van der Waals surface area contributed by atoms with Crippen molar-refractivity contribution in [3.05, 3.63) is 70.1 Å². The van der Waals surface area contributed by atoms with E-state index in [1.54, 1.807) is 25.6 Å². The lowest BCUT2D eigenvalue weighted by molar-refractivity contribution is -0.385. The van der Waals surface area contributed by atoms with Gasteiger partial charge in [0.1, 0.15) is 5.75 Å². The second-order valence-corrected chi connectivity index (χ2v) is 6.13. The van der Waals surface area contributed by atoms with Gasteiger partial charge in [-0.3, -0.25) is 15.1 Å². The minimum Gasteiger partial charge on any atom is -0.494 e. The van der Waals surface area contributed by atoms with E-state index >= 15 is 0 Å². The van der Waals surface area contributed by atoms with Gasteiger partial charge in [-0.05, 0) is 35.6 Å². The summed E-state index contributed by atoms with van der Waals surface area (Å²) < 4.78 is 5.43. The lowest BCUT2D eigenvalue weighted by Gasteiger charge is -2.37. The fraction of sp³-hybridized carbons (Fsp3) is 0.278. The van der Waals surface area contributed by atoms with E-state index in [0.29, 0.717) is 11.7 Å². The van der Waals surface area contributed by atoms with Crippen LogP contribution >= 0.6 is 0 Å². The normalized spacial score (nSPS) is 24.0. The van der Waals surface area contributed by atoms with Gasteiger partial charge < -0.3 is 10.1 Å². The lowest BCUT2D eigenvalue weighted by Crippen LogP contribution is -2.29. The van der Waals surface area contributed by atoms with E-state index in [0.717, 1.165) is 23.2 Å². The predicted molar refractivity (Wildman–Crippen MR) is 90.2 cm³/mol. The molecule has 2 aromatic rings. The van der Waals surface area contributed by atoms with Gasteiger partial charge in [0.15, 0.2) is 0 Å². The number of aromatic nitrogens is 1. The van der Waals surface area contributed by atoms with Crippen LogP contribution in [0.1, 0.15) is 29.5 Å². The van der Waals surface area contributed by atoms with E-state index in [1.807, 2.05) is 12.1 Å². The van der Waals surface area contributed by atoms with Gasteiger partial charge in [0.25, 0.3) is 5.69 Å². The monoisotopic (exact) mass is 323 g/mol. The van der Waals surface area contributed by atoms with Crippen molar-refractivity contribution in [3.8, 4) is 5.75 Å². The maximum absolute atomic E-state index is 11.2. The van der Waals surface area contributed by atoms with Crippen LogP contribution in [0.25, 0.3) is 0 Å². The molecule has 2 heterocycles. The molecule has 0 fully saturated rings. The van der Waals surface area contributed by atoms with E-state index in [1.165, 1.54) is 6.07 Å². The van der Waals surface area contributed by atoms with Crippen LogP contribution in [0.4, 0.5) is 11.4 Å². The molecule has 0 spiro atoms. The lowest BCUT2D eigenvalue weighted by atomic mass is 9.77. The van der Waals surface area contributed by atoms with Gasteiger partial charge in [0.05, 0.1) is 29.8 Å². The standard InChI is InChI=1S/C18H17N3O3/c1-24-16-10-12(21(22)23)9-15-13-3-2-4-14(13)17(20-18(15)16)11-5-7-19-8-6-11/h2-3,5-10,13-14,17,20H,4H2,1H3/t13-,14-,17+/m0/s1. The molecule has 0 amide bonds. The van der Waals surface area contributed by atoms with Gasteiger partial charge in [-0.15, -0.1) is 0 Å². The Kier molecular flexibility index (Phi) is 3.45. The van der Waals surface area contributed by atoms with Crippen molar-refractivity contribution in [2.24, 2.45) is 5.92 Å². The third-order valence-electron chi connectivity index (χ3n) is 4.91. The molecule has 24 heavy (non-hydrogen) atoms. The Bertz CT molecular complexity index is 820. The Morgan fingerprint density at radius 3 is 2.83 bits per heavy atom. The summed E-state index contributed by atoms with van der Waals surface area (Å²) in [5.74, 6) is 0.983. The summed E-state index contributed by atoms with van der Waals surface area (Å²) in [6, 6.07) is 7.29. The molecule has 0 radical (unpaired) electrons. The number of allylic oxidation sites excluding steroid dienone is 2. The molecule has 1 aliphatic heterocycles. The zero-order valence-electron chi connectivity index (χ0n) is 13.2. The van der Waals surface area contributed by atoms with E-state index in [-0.39, 0.29) is 22.6 Å². The molecule has 3 atom stereocenters. The number of hydrogen-bond donors (Lipinski definition) is 1. The summed E-state index contributed by atoms with van der Waals surface area (Å²) in [5, 5.41) is 14.8. The van der Waals surface area contributed by atoms with Crippen LogP contribution in [0.3, 0.4) is 0 Å². The molecule has 4 rings (SSSR count). The molecule has 122 valence electrons. The molecular formula is C18H17N3O3. The quantitative estimate of drug-likeness (QED) is 0.528. The van der Waals surface area contributed by atoms with Gasteiger partial charge in [0, 0.05) is 24.4 Å². The van der Waals surface area contributed by atoms with Crippen molar-refractivity contribution in [1.29, 1.82) is 0 Å². The number of non-ortho nitro benzene ring substituents is 1. The number of nitro benzene ring substituents is 1. The first-order valence-electron chi connectivity index (χ1n) is 7.88. The number of benzene rings is 1. The van der Waals surface area contributed by atoms with Crippen LogP contribution in [-0.4, -0.2) is 17.0 Å². The molecule has 0 saturated carbocycles. The SMILES string of the molecule is COc1cc([N+](=O)[O-])cc2c1N[C@H](c1ccncc1)[C@H]1CC=C[C@H]21. The largest absolute Gasteiger partial charge is 0.494 e.